The Morgan fingerprint density at radius 3 is 2.71 bits per heavy atom. The summed E-state index contributed by atoms with van der Waals surface area (Å²) in [6.07, 6.45) is 0.786. The van der Waals surface area contributed by atoms with Crippen LogP contribution in [0.5, 0.6) is 5.75 Å². The highest BCUT2D eigenvalue weighted by atomic mass is 32.1. The van der Waals surface area contributed by atoms with Crippen molar-refractivity contribution in [3.63, 3.8) is 0 Å². The van der Waals surface area contributed by atoms with Crippen molar-refractivity contribution in [3.8, 4) is 5.75 Å². The lowest BCUT2D eigenvalue weighted by Gasteiger charge is -2.21. The van der Waals surface area contributed by atoms with Gasteiger partial charge in [0.25, 0.3) is 5.91 Å². The zero-order chi connectivity index (χ0) is 20.1. The van der Waals surface area contributed by atoms with Crippen LogP contribution < -0.4 is 9.64 Å². The van der Waals surface area contributed by atoms with Gasteiger partial charge >= 0.3 is 0 Å². The number of fused-ring (bicyclic) bond motifs is 1. The lowest BCUT2D eigenvalue weighted by Crippen LogP contribution is -2.33. The van der Waals surface area contributed by atoms with Crippen LogP contribution in [0.3, 0.4) is 0 Å². The van der Waals surface area contributed by atoms with Gasteiger partial charge in [-0.05, 0) is 70.4 Å². The number of halogens is 1. The molecule has 0 aliphatic carbocycles. The van der Waals surface area contributed by atoms with Crippen LogP contribution >= 0.6 is 11.3 Å². The van der Waals surface area contributed by atoms with Crippen molar-refractivity contribution in [3.05, 3.63) is 53.8 Å². The second-order valence-electron chi connectivity index (χ2n) is 6.68. The predicted octanol–water partition coefficient (Wildman–Crippen LogP) is 4.43. The molecule has 0 atom stereocenters. The largest absolute Gasteiger partial charge is 0.494 e. The molecule has 0 unspecified atom stereocenters. The molecule has 1 aromatic heterocycles. The minimum atomic E-state index is -0.426. The quantitative estimate of drug-likeness (QED) is 0.560. The summed E-state index contributed by atoms with van der Waals surface area (Å²) >= 11 is 1.44. The summed E-state index contributed by atoms with van der Waals surface area (Å²) in [6, 6.07) is 11.5. The number of benzene rings is 2. The lowest BCUT2D eigenvalue weighted by atomic mass is 10.2. The maximum absolute atomic E-state index is 13.6. The third kappa shape index (κ3) is 4.85. The van der Waals surface area contributed by atoms with E-state index in [1.165, 1.54) is 23.5 Å². The third-order valence-corrected chi connectivity index (χ3v) is 5.24. The molecule has 2 aromatic carbocycles. The first-order chi connectivity index (χ1) is 13.5. The van der Waals surface area contributed by atoms with Crippen LogP contribution in [-0.2, 0) is 0 Å². The van der Waals surface area contributed by atoms with Crippen molar-refractivity contribution in [1.29, 1.82) is 0 Å². The molecule has 5 nitrogen and oxygen atoms in total. The summed E-state index contributed by atoms with van der Waals surface area (Å²) in [4.78, 5) is 21.5. The van der Waals surface area contributed by atoms with Crippen molar-refractivity contribution in [2.24, 2.45) is 0 Å². The van der Waals surface area contributed by atoms with Gasteiger partial charge in [-0.2, -0.15) is 0 Å². The molecule has 0 saturated carbocycles. The van der Waals surface area contributed by atoms with Crippen molar-refractivity contribution in [2.75, 3.05) is 38.7 Å². The van der Waals surface area contributed by atoms with Gasteiger partial charge in [0.2, 0.25) is 0 Å². The molecule has 148 valence electrons. The minimum Gasteiger partial charge on any atom is -0.494 e. The van der Waals surface area contributed by atoms with E-state index in [2.05, 4.69) is 9.88 Å². The van der Waals surface area contributed by atoms with E-state index in [0.717, 1.165) is 28.9 Å². The fourth-order valence-corrected chi connectivity index (χ4v) is 3.89. The van der Waals surface area contributed by atoms with E-state index in [1.807, 2.05) is 39.2 Å². The van der Waals surface area contributed by atoms with Crippen molar-refractivity contribution in [2.45, 2.75) is 13.3 Å². The van der Waals surface area contributed by atoms with Gasteiger partial charge in [0.15, 0.2) is 5.13 Å². The lowest BCUT2D eigenvalue weighted by molar-refractivity contribution is 0.0985. The normalized spacial score (nSPS) is 11.2. The molecule has 3 aromatic rings. The minimum absolute atomic E-state index is 0.248. The molecule has 1 amide bonds. The van der Waals surface area contributed by atoms with Gasteiger partial charge in [-0.3, -0.25) is 9.69 Å². The summed E-state index contributed by atoms with van der Waals surface area (Å²) in [5.41, 5.74) is 1.13. The highest BCUT2D eigenvalue weighted by Gasteiger charge is 2.21. The summed E-state index contributed by atoms with van der Waals surface area (Å²) in [5, 5.41) is 0.608. The average molecular weight is 402 g/mol. The van der Waals surface area contributed by atoms with E-state index in [-0.39, 0.29) is 5.91 Å². The van der Waals surface area contributed by atoms with Crippen LogP contribution in [0.15, 0.2) is 42.5 Å². The van der Waals surface area contributed by atoms with Crippen LogP contribution in [0.1, 0.15) is 23.7 Å². The van der Waals surface area contributed by atoms with Gasteiger partial charge in [0, 0.05) is 12.1 Å². The number of aromatic nitrogens is 1. The first kappa shape index (κ1) is 20.2. The predicted molar refractivity (Wildman–Crippen MR) is 112 cm³/mol. The fourth-order valence-electron chi connectivity index (χ4n) is 2.87. The summed E-state index contributed by atoms with van der Waals surface area (Å²) in [5.74, 6) is 0.105. The van der Waals surface area contributed by atoms with Gasteiger partial charge < -0.3 is 9.64 Å². The molecule has 0 bridgehead atoms. The van der Waals surface area contributed by atoms with Gasteiger partial charge in [0.1, 0.15) is 11.6 Å². The molecular formula is C21H24FN3O2S. The number of rotatable bonds is 8. The Morgan fingerprint density at radius 1 is 1.18 bits per heavy atom. The average Bonchev–Trinajstić information content (AvgIpc) is 3.07. The van der Waals surface area contributed by atoms with Crippen molar-refractivity contribution < 1.29 is 13.9 Å². The van der Waals surface area contributed by atoms with Crippen molar-refractivity contribution in [1.82, 2.24) is 9.88 Å². The number of ether oxygens (including phenoxy) is 1. The molecule has 28 heavy (non-hydrogen) atoms. The first-order valence-corrected chi connectivity index (χ1v) is 10.0. The van der Waals surface area contributed by atoms with E-state index in [9.17, 15) is 9.18 Å². The number of amides is 1. The topological polar surface area (TPSA) is 45.7 Å². The van der Waals surface area contributed by atoms with Crippen LogP contribution in [0, 0.1) is 5.82 Å². The summed E-state index contributed by atoms with van der Waals surface area (Å²) in [7, 11) is 3.98. The Morgan fingerprint density at radius 2 is 2.00 bits per heavy atom. The molecule has 0 fully saturated rings. The highest BCUT2D eigenvalue weighted by molar-refractivity contribution is 7.22. The molecular weight excluding hydrogens is 377 g/mol. The molecule has 0 saturated heterocycles. The summed E-state index contributed by atoms with van der Waals surface area (Å²) < 4.78 is 20.1. The molecule has 0 aliphatic rings. The van der Waals surface area contributed by atoms with E-state index < -0.39 is 5.82 Å². The van der Waals surface area contributed by atoms with E-state index in [0.29, 0.717) is 23.8 Å². The smallest absolute Gasteiger partial charge is 0.260 e. The zero-order valence-corrected chi connectivity index (χ0v) is 17.1. The Hall–Kier alpha value is -2.51. The molecule has 0 spiro atoms. The Labute approximate surface area is 168 Å². The van der Waals surface area contributed by atoms with Crippen molar-refractivity contribution >= 4 is 32.6 Å². The molecule has 1 heterocycles. The third-order valence-electron chi connectivity index (χ3n) is 4.19. The van der Waals surface area contributed by atoms with Gasteiger partial charge in [0.05, 0.1) is 16.8 Å². The number of thiazole rings is 1. The SMILES string of the molecule is CCOc1ccc2nc(N(CCCN(C)C)C(=O)c3cccc(F)c3)sc2c1. The fraction of sp³-hybridized carbons (Fsp3) is 0.333. The molecule has 7 heteroatoms. The molecule has 0 N–H and O–H groups in total. The maximum Gasteiger partial charge on any atom is 0.260 e. The molecule has 3 rings (SSSR count). The number of nitrogens with zero attached hydrogens (tertiary/aromatic N) is 3. The number of carbonyl (C=O) groups excluding carboxylic acids is 1. The monoisotopic (exact) mass is 401 g/mol. The summed E-state index contributed by atoms with van der Waals surface area (Å²) in [6.45, 7) is 3.87. The highest BCUT2D eigenvalue weighted by Crippen LogP contribution is 2.32. The number of hydrogen-bond donors (Lipinski definition) is 0. The Bertz CT molecular complexity index is 958. The van der Waals surface area contributed by atoms with Crippen LogP contribution in [0.2, 0.25) is 0 Å². The van der Waals surface area contributed by atoms with Gasteiger partial charge in [-0.1, -0.05) is 17.4 Å². The van der Waals surface area contributed by atoms with E-state index >= 15 is 0 Å². The Balaban J connectivity index is 1.93. The molecule has 0 radical (unpaired) electrons. The zero-order valence-electron chi connectivity index (χ0n) is 16.3. The van der Waals surface area contributed by atoms with Gasteiger partial charge in [-0.25, -0.2) is 9.37 Å². The second kappa shape index (κ2) is 9.12. The maximum atomic E-state index is 13.6. The van der Waals surface area contributed by atoms with E-state index in [1.54, 1.807) is 17.0 Å². The van der Waals surface area contributed by atoms with Crippen LogP contribution in [0.4, 0.5) is 9.52 Å². The Kier molecular flexibility index (Phi) is 6.59. The van der Waals surface area contributed by atoms with E-state index in [4.69, 9.17) is 4.74 Å². The van der Waals surface area contributed by atoms with Gasteiger partial charge in [-0.15, -0.1) is 0 Å². The van der Waals surface area contributed by atoms with Crippen LogP contribution in [0.25, 0.3) is 10.2 Å². The molecule has 0 aliphatic heterocycles. The second-order valence-corrected chi connectivity index (χ2v) is 7.69. The number of hydrogen-bond acceptors (Lipinski definition) is 5. The number of carbonyl (C=O) groups is 1. The van der Waals surface area contributed by atoms with Crippen LogP contribution in [-0.4, -0.2) is 49.6 Å². The number of anilines is 1. The first-order valence-electron chi connectivity index (χ1n) is 9.23. The standard InChI is InChI=1S/C21H24FN3O2S/c1-4-27-17-9-10-18-19(14-17)28-21(23-18)25(12-6-11-24(2)3)20(26)15-7-5-8-16(22)13-15/h5,7-10,13-14H,4,6,11-12H2,1-3H3.